The first kappa shape index (κ1) is 14.6. The molecule has 0 bridgehead atoms. The van der Waals surface area contributed by atoms with Crippen LogP contribution >= 0.6 is 0 Å². The van der Waals surface area contributed by atoms with Crippen LogP contribution in [0.3, 0.4) is 0 Å². The highest BCUT2D eigenvalue weighted by Crippen LogP contribution is 2.31. The summed E-state index contributed by atoms with van der Waals surface area (Å²) in [5.41, 5.74) is 9.29. The molecule has 0 fully saturated rings. The number of rotatable bonds is 7. The largest absolute Gasteiger partial charge is 0.493 e. The summed E-state index contributed by atoms with van der Waals surface area (Å²) in [6, 6.07) is 16.9. The minimum Gasteiger partial charge on any atom is -0.493 e. The molecule has 0 spiro atoms. The highest BCUT2D eigenvalue weighted by Gasteiger charge is 2.07. The molecule has 0 aliphatic heterocycles. The Morgan fingerprint density at radius 3 is 2.55 bits per heavy atom. The van der Waals surface area contributed by atoms with Crippen LogP contribution in [0.1, 0.15) is 25.3 Å². The number of aryl methyl sites for hydroxylation is 1. The van der Waals surface area contributed by atoms with Crippen LogP contribution in [0.5, 0.6) is 5.75 Å². The van der Waals surface area contributed by atoms with Gasteiger partial charge in [-0.2, -0.15) is 0 Å². The lowest BCUT2D eigenvalue weighted by Gasteiger charge is -2.13. The van der Waals surface area contributed by atoms with Crippen LogP contribution in [0.2, 0.25) is 0 Å². The Kier molecular flexibility index (Phi) is 5.63. The van der Waals surface area contributed by atoms with E-state index >= 15 is 0 Å². The van der Waals surface area contributed by atoms with E-state index in [2.05, 4.69) is 49.4 Å². The molecule has 0 heterocycles. The van der Waals surface area contributed by atoms with Crippen molar-refractivity contribution >= 4 is 0 Å². The lowest BCUT2D eigenvalue weighted by atomic mass is 10.00. The lowest BCUT2D eigenvalue weighted by Crippen LogP contribution is -2.01. The molecule has 0 unspecified atom stereocenters. The molecule has 0 radical (unpaired) electrons. The van der Waals surface area contributed by atoms with Crippen molar-refractivity contribution in [3.63, 3.8) is 0 Å². The minimum absolute atomic E-state index is 0.731. The van der Waals surface area contributed by atoms with Crippen molar-refractivity contribution in [2.45, 2.75) is 26.2 Å². The average molecular weight is 269 g/mol. The number of hydrogen-bond acceptors (Lipinski definition) is 2. The van der Waals surface area contributed by atoms with Crippen LogP contribution < -0.4 is 10.5 Å². The second-order valence-electron chi connectivity index (χ2n) is 4.94. The number of ether oxygens (including phenoxy) is 1. The SMILES string of the molecule is CCCOc1ccc(CCCN)cc1-c1ccccc1. The molecule has 2 aromatic rings. The van der Waals surface area contributed by atoms with E-state index in [1.165, 1.54) is 16.7 Å². The van der Waals surface area contributed by atoms with Gasteiger partial charge in [0.05, 0.1) is 6.61 Å². The summed E-state index contributed by atoms with van der Waals surface area (Å²) < 4.78 is 5.88. The first-order valence-electron chi connectivity index (χ1n) is 7.36. The van der Waals surface area contributed by atoms with Crippen LogP contribution in [0, 0.1) is 0 Å². The van der Waals surface area contributed by atoms with Crippen molar-refractivity contribution in [1.29, 1.82) is 0 Å². The topological polar surface area (TPSA) is 35.2 Å². The summed E-state index contributed by atoms with van der Waals surface area (Å²) in [7, 11) is 0. The van der Waals surface area contributed by atoms with Crippen molar-refractivity contribution in [3.8, 4) is 16.9 Å². The zero-order chi connectivity index (χ0) is 14.2. The molecule has 2 heteroatoms. The van der Waals surface area contributed by atoms with E-state index in [9.17, 15) is 0 Å². The van der Waals surface area contributed by atoms with Gasteiger partial charge in [-0.15, -0.1) is 0 Å². The molecule has 2 aromatic carbocycles. The Balaban J connectivity index is 2.32. The Morgan fingerprint density at radius 1 is 1.05 bits per heavy atom. The zero-order valence-corrected chi connectivity index (χ0v) is 12.1. The second kappa shape index (κ2) is 7.71. The smallest absolute Gasteiger partial charge is 0.127 e. The van der Waals surface area contributed by atoms with Crippen molar-refractivity contribution in [2.75, 3.05) is 13.2 Å². The van der Waals surface area contributed by atoms with Gasteiger partial charge in [0.25, 0.3) is 0 Å². The van der Waals surface area contributed by atoms with Crippen LogP contribution in [-0.4, -0.2) is 13.2 Å². The number of nitrogens with two attached hydrogens (primary N) is 1. The number of hydrogen-bond donors (Lipinski definition) is 1. The van der Waals surface area contributed by atoms with Crippen LogP contribution in [0.4, 0.5) is 0 Å². The van der Waals surface area contributed by atoms with Crippen molar-refractivity contribution in [1.82, 2.24) is 0 Å². The first-order chi connectivity index (χ1) is 9.85. The van der Waals surface area contributed by atoms with E-state index in [0.717, 1.165) is 38.2 Å². The molecule has 0 aromatic heterocycles. The molecule has 0 aliphatic rings. The summed E-state index contributed by atoms with van der Waals surface area (Å²) in [6.07, 6.45) is 3.05. The Bertz CT molecular complexity index is 522. The van der Waals surface area contributed by atoms with E-state index in [-0.39, 0.29) is 0 Å². The lowest BCUT2D eigenvalue weighted by molar-refractivity contribution is 0.318. The average Bonchev–Trinajstić information content (AvgIpc) is 2.52. The Hall–Kier alpha value is -1.80. The molecule has 0 saturated carbocycles. The highest BCUT2D eigenvalue weighted by molar-refractivity contribution is 5.71. The molecular weight excluding hydrogens is 246 g/mol. The monoisotopic (exact) mass is 269 g/mol. The molecule has 0 saturated heterocycles. The quantitative estimate of drug-likeness (QED) is 0.823. The van der Waals surface area contributed by atoms with Gasteiger partial charge in [0.1, 0.15) is 5.75 Å². The van der Waals surface area contributed by atoms with Crippen molar-refractivity contribution in [2.24, 2.45) is 5.73 Å². The fourth-order valence-corrected chi connectivity index (χ4v) is 2.22. The third-order valence-corrected chi connectivity index (χ3v) is 3.26. The fraction of sp³-hybridized carbons (Fsp3) is 0.333. The second-order valence-corrected chi connectivity index (χ2v) is 4.94. The maximum absolute atomic E-state index is 5.88. The summed E-state index contributed by atoms with van der Waals surface area (Å²) in [6.45, 7) is 3.61. The van der Waals surface area contributed by atoms with Gasteiger partial charge in [-0.3, -0.25) is 0 Å². The summed E-state index contributed by atoms with van der Waals surface area (Å²) >= 11 is 0. The maximum atomic E-state index is 5.88. The maximum Gasteiger partial charge on any atom is 0.127 e. The van der Waals surface area contributed by atoms with Gasteiger partial charge in [-0.1, -0.05) is 43.3 Å². The van der Waals surface area contributed by atoms with Crippen molar-refractivity contribution < 1.29 is 4.74 Å². The fourth-order valence-electron chi connectivity index (χ4n) is 2.22. The highest BCUT2D eigenvalue weighted by atomic mass is 16.5. The normalized spacial score (nSPS) is 10.5. The molecule has 2 rings (SSSR count). The van der Waals surface area contributed by atoms with E-state index in [1.54, 1.807) is 0 Å². The molecular formula is C18H23NO. The van der Waals surface area contributed by atoms with E-state index in [0.29, 0.717) is 0 Å². The molecule has 20 heavy (non-hydrogen) atoms. The molecule has 2 N–H and O–H groups in total. The molecule has 0 aliphatic carbocycles. The van der Waals surface area contributed by atoms with Crippen LogP contribution in [-0.2, 0) is 6.42 Å². The Morgan fingerprint density at radius 2 is 1.85 bits per heavy atom. The summed E-state index contributed by atoms with van der Waals surface area (Å²) in [5, 5.41) is 0. The minimum atomic E-state index is 0.731. The number of benzene rings is 2. The van der Waals surface area contributed by atoms with Crippen molar-refractivity contribution in [3.05, 3.63) is 54.1 Å². The first-order valence-corrected chi connectivity index (χ1v) is 7.36. The zero-order valence-electron chi connectivity index (χ0n) is 12.1. The molecule has 2 nitrogen and oxygen atoms in total. The molecule has 106 valence electrons. The Labute approximate surface area is 121 Å². The van der Waals surface area contributed by atoms with E-state index < -0.39 is 0 Å². The standard InChI is InChI=1S/C18H23NO/c1-2-13-20-18-11-10-15(7-6-12-19)14-17(18)16-8-4-3-5-9-16/h3-5,8-11,14H,2,6-7,12-13,19H2,1H3. The van der Waals surface area contributed by atoms with E-state index in [1.807, 2.05) is 6.07 Å². The predicted molar refractivity (Wildman–Crippen MR) is 85.0 cm³/mol. The van der Waals surface area contributed by atoms with Crippen LogP contribution in [0.15, 0.2) is 48.5 Å². The van der Waals surface area contributed by atoms with Gasteiger partial charge in [0.15, 0.2) is 0 Å². The molecule has 0 atom stereocenters. The van der Waals surface area contributed by atoms with Gasteiger partial charge in [0, 0.05) is 5.56 Å². The van der Waals surface area contributed by atoms with Gasteiger partial charge in [-0.25, -0.2) is 0 Å². The third kappa shape index (κ3) is 3.84. The van der Waals surface area contributed by atoms with E-state index in [4.69, 9.17) is 10.5 Å². The summed E-state index contributed by atoms with van der Waals surface area (Å²) in [4.78, 5) is 0. The van der Waals surface area contributed by atoms with Gasteiger partial charge in [0.2, 0.25) is 0 Å². The van der Waals surface area contributed by atoms with Gasteiger partial charge in [-0.05, 0) is 49.1 Å². The molecule has 0 amide bonds. The van der Waals surface area contributed by atoms with Gasteiger partial charge >= 0.3 is 0 Å². The van der Waals surface area contributed by atoms with Gasteiger partial charge < -0.3 is 10.5 Å². The third-order valence-electron chi connectivity index (χ3n) is 3.26. The van der Waals surface area contributed by atoms with Crippen LogP contribution in [0.25, 0.3) is 11.1 Å². The summed E-state index contributed by atoms with van der Waals surface area (Å²) in [5.74, 6) is 0.967. The predicted octanol–water partition coefficient (Wildman–Crippen LogP) is 4.03.